The summed E-state index contributed by atoms with van der Waals surface area (Å²) in [5.74, 6) is -0.277. The molecule has 8 heteroatoms. The van der Waals surface area contributed by atoms with Crippen LogP contribution in [0.15, 0.2) is 24.3 Å². The van der Waals surface area contributed by atoms with Crippen LogP contribution in [-0.4, -0.2) is 41.5 Å². The summed E-state index contributed by atoms with van der Waals surface area (Å²) in [5.41, 5.74) is 0.858. The Kier molecular flexibility index (Phi) is 4.68. The second-order valence-corrected chi connectivity index (χ2v) is 6.19. The van der Waals surface area contributed by atoms with E-state index >= 15 is 0 Å². The molecule has 0 radical (unpaired) electrons. The molecule has 6 nitrogen and oxygen atoms in total. The van der Waals surface area contributed by atoms with Gasteiger partial charge in [-0.25, -0.2) is 0 Å². The number of carbonyl (C=O) groups is 1. The molecule has 1 aliphatic rings. The Bertz CT molecular complexity index is 679. The van der Waals surface area contributed by atoms with Gasteiger partial charge in [-0.15, -0.1) is 10.2 Å². The van der Waals surface area contributed by atoms with Crippen molar-refractivity contribution < 1.29 is 14.3 Å². The molecule has 0 saturated carbocycles. The molecule has 0 aliphatic carbocycles. The third kappa shape index (κ3) is 3.44. The van der Waals surface area contributed by atoms with Gasteiger partial charge in [-0.3, -0.25) is 10.1 Å². The van der Waals surface area contributed by atoms with Gasteiger partial charge in [0.1, 0.15) is 5.01 Å². The average Bonchev–Trinajstić information content (AvgIpc) is 2.96. The first-order valence-corrected chi connectivity index (χ1v) is 7.96. The van der Waals surface area contributed by atoms with Crippen molar-refractivity contribution in [2.24, 2.45) is 0 Å². The molecule has 0 spiro atoms. The zero-order valence-electron chi connectivity index (χ0n) is 11.8. The van der Waals surface area contributed by atoms with Gasteiger partial charge in [0.25, 0.3) is 5.91 Å². The van der Waals surface area contributed by atoms with Crippen LogP contribution in [0.2, 0.25) is 5.02 Å². The monoisotopic (exact) mass is 339 g/mol. The van der Waals surface area contributed by atoms with E-state index in [4.69, 9.17) is 21.1 Å². The number of hydrogen-bond acceptors (Lipinski definition) is 6. The second-order valence-electron chi connectivity index (χ2n) is 4.78. The smallest absolute Gasteiger partial charge is 0.258 e. The zero-order chi connectivity index (χ0) is 15.5. The Morgan fingerprint density at radius 1 is 1.36 bits per heavy atom. The highest BCUT2D eigenvalue weighted by atomic mass is 35.5. The van der Waals surface area contributed by atoms with Gasteiger partial charge in [0.05, 0.1) is 19.3 Å². The molecular formula is C14H14ClN3O3S. The van der Waals surface area contributed by atoms with Crippen molar-refractivity contribution in [1.29, 1.82) is 0 Å². The van der Waals surface area contributed by atoms with Crippen molar-refractivity contribution in [3.8, 4) is 10.6 Å². The first kappa shape index (κ1) is 15.4. The van der Waals surface area contributed by atoms with E-state index in [0.29, 0.717) is 28.4 Å². The lowest BCUT2D eigenvalue weighted by molar-refractivity contribution is -0.157. The maximum absolute atomic E-state index is 12.2. The molecule has 1 aliphatic heterocycles. The second kappa shape index (κ2) is 6.70. The molecule has 3 rings (SSSR count). The van der Waals surface area contributed by atoms with Gasteiger partial charge in [-0.05, 0) is 19.1 Å². The Labute approximate surface area is 136 Å². The molecule has 1 fully saturated rings. The molecule has 22 heavy (non-hydrogen) atoms. The van der Waals surface area contributed by atoms with E-state index in [1.165, 1.54) is 11.3 Å². The summed E-state index contributed by atoms with van der Waals surface area (Å²) < 4.78 is 10.8. The third-order valence-corrected chi connectivity index (χ3v) is 4.30. The standard InChI is InChI=1S/C14H14ClN3O3S/c1-8-11(21-6-5-20-8)12(19)16-14-18-17-13(22-14)9-3-2-4-10(15)7-9/h2-4,7-8,11H,5-6H2,1H3,(H,16,18,19)/t8-,11-/m0/s1. The van der Waals surface area contributed by atoms with Crippen LogP contribution in [0.5, 0.6) is 0 Å². The van der Waals surface area contributed by atoms with Crippen molar-refractivity contribution in [2.45, 2.75) is 19.1 Å². The summed E-state index contributed by atoms with van der Waals surface area (Å²) >= 11 is 7.24. The van der Waals surface area contributed by atoms with Crippen LogP contribution in [0.1, 0.15) is 6.92 Å². The van der Waals surface area contributed by atoms with E-state index in [2.05, 4.69) is 15.5 Å². The molecule has 2 aromatic rings. The minimum absolute atomic E-state index is 0.277. The molecule has 0 unspecified atom stereocenters. The molecule has 1 aromatic carbocycles. The van der Waals surface area contributed by atoms with Crippen LogP contribution in [0.3, 0.4) is 0 Å². The maximum atomic E-state index is 12.2. The fourth-order valence-electron chi connectivity index (χ4n) is 2.11. The highest BCUT2D eigenvalue weighted by Crippen LogP contribution is 2.28. The largest absolute Gasteiger partial charge is 0.373 e. The lowest BCUT2D eigenvalue weighted by Gasteiger charge is -2.27. The van der Waals surface area contributed by atoms with Crippen molar-refractivity contribution in [2.75, 3.05) is 18.5 Å². The number of nitrogens with one attached hydrogen (secondary N) is 1. The summed E-state index contributed by atoms with van der Waals surface area (Å²) in [4.78, 5) is 12.2. The zero-order valence-corrected chi connectivity index (χ0v) is 13.4. The van der Waals surface area contributed by atoms with E-state index in [-0.39, 0.29) is 12.0 Å². The molecule has 0 bridgehead atoms. The first-order valence-electron chi connectivity index (χ1n) is 6.77. The normalized spacial score (nSPS) is 21.5. The molecule has 116 valence electrons. The van der Waals surface area contributed by atoms with Gasteiger partial charge in [0.2, 0.25) is 5.13 Å². The van der Waals surface area contributed by atoms with Gasteiger partial charge in [0, 0.05) is 10.6 Å². The minimum Gasteiger partial charge on any atom is -0.373 e. The summed E-state index contributed by atoms with van der Waals surface area (Å²) in [6, 6.07) is 7.31. The van der Waals surface area contributed by atoms with Crippen LogP contribution in [0, 0.1) is 0 Å². The summed E-state index contributed by atoms with van der Waals surface area (Å²) in [6.45, 7) is 2.72. The van der Waals surface area contributed by atoms with Crippen molar-refractivity contribution in [3.05, 3.63) is 29.3 Å². The predicted molar refractivity (Wildman–Crippen MR) is 84.1 cm³/mol. The van der Waals surface area contributed by atoms with Crippen molar-refractivity contribution >= 4 is 34.0 Å². The number of rotatable bonds is 3. The SMILES string of the molecule is C[C@@H]1OCCO[C@@H]1C(=O)Nc1nnc(-c2cccc(Cl)c2)s1. The van der Waals surface area contributed by atoms with Gasteiger partial charge in [0.15, 0.2) is 6.10 Å². The number of aromatic nitrogens is 2. The number of halogens is 1. The third-order valence-electron chi connectivity index (χ3n) is 3.17. The van der Waals surface area contributed by atoms with E-state index < -0.39 is 6.10 Å². The van der Waals surface area contributed by atoms with E-state index in [1.807, 2.05) is 12.1 Å². The average molecular weight is 340 g/mol. The fourth-order valence-corrected chi connectivity index (χ4v) is 3.04. The lowest BCUT2D eigenvalue weighted by atomic mass is 10.2. The summed E-state index contributed by atoms with van der Waals surface area (Å²) in [7, 11) is 0. The molecule has 1 aromatic heterocycles. The van der Waals surface area contributed by atoms with Crippen LogP contribution in [0.25, 0.3) is 10.6 Å². The van der Waals surface area contributed by atoms with Gasteiger partial charge in [-0.1, -0.05) is 35.1 Å². The van der Waals surface area contributed by atoms with E-state index in [1.54, 1.807) is 19.1 Å². The quantitative estimate of drug-likeness (QED) is 0.930. The highest BCUT2D eigenvalue weighted by molar-refractivity contribution is 7.18. The molecule has 1 amide bonds. The van der Waals surface area contributed by atoms with Gasteiger partial charge < -0.3 is 9.47 Å². The molecule has 2 atom stereocenters. The maximum Gasteiger partial charge on any atom is 0.258 e. The van der Waals surface area contributed by atoms with Crippen LogP contribution < -0.4 is 5.32 Å². The van der Waals surface area contributed by atoms with E-state index in [9.17, 15) is 4.79 Å². The fraction of sp³-hybridized carbons (Fsp3) is 0.357. The van der Waals surface area contributed by atoms with Gasteiger partial charge >= 0.3 is 0 Å². The molecular weight excluding hydrogens is 326 g/mol. The van der Waals surface area contributed by atoms with Crippen LogP contribution in [0.4, 0.5) is 5.13 Å². The number of hydrogen-bond donors (Lipinski definition) is 1. The van der Waals surface area contributed by atoms with E-state index in [0.717, 1.165) is 5.56 Å². The predicted octanol–water partition coefficient (Wildman–Crippen LogP) is 2.60. The number of benzene rings is 1. The molecule has 1 N–H and O–H groups in total. The Balaban J connectivity index is 1.70. The number of carbonyl (C=O) groups excluding carboxylic acids is 1. The Morgan fingerprint density at radius 2 is 2.18 bits per heavy atom. The topological polar surface area (TPSA) is 73.3 Å². The Morgan fingerprint density at radius 3 is 2.95 bits per heavy atom. The van der Waals surface area contributed by atoms with Gasteiger partial charge in [-0.2, -0.15) is 0 Å². The summed E-state index contributed by atoms with van der Waals surface area (Å²) in [6.07, 6.45) is -0.915. The highest BCUT2D eigenvalue weighted by Gasteiger charge is 2.30. The number of ether oxygens (including phenoxy) is 2. The molecule has 2 heterocycles. The summed E-state index contributed by atoms with van der Waals surface area (Å²) in [5, 5.41) is 12.5. The lowest BCUT2D eigenvalue weighted by Crippen LogP contribution is -2.44. The minimum atomic E-state index is -0.632. The van der Waals surface area contributed by atoms with Crippen LogP contribution in [-0.2, 0) is 14.3 Å². The number of amides is 1. The Hall–Kier alpha value is -1.54. The number of nitrogens with zero attached hydrogens (tertiary/aromatic N) is 2. The number of anilines is 1. The van der Waals surface area contributed by atoms with Crippen molar-refractivity contribution in [3.63, 3.8) is 0 Å². The van der Waals surface area contributed by atoms with Crippen LogP contribution >= 0.6 is 22.9 Å². The van der Waals surface area contributed by atoms with Crippen molar-refractivity contribution in [1.82, 2.24) is 10.2 Å². The first-order chi connectivity index (χ1) is 10.6. The molecule has 1 saturated heterocycles.